The van der Waals surface area contributed by atoms with Gasteiger partial charge < -0.3 is 4.90 Å². The van der Waals surface area contributed by atoms with E-state index in [4.69, 9.17) is 0 Å². The average molecular weight is 181 g/mol. The highest BCUT2D eigenvalue weighted by Gasteiger charge is 2.23. The third-order valence-electron chi connectivity index (χ3n) is 4.03. The highest BCUT2D eigenvalue weighted by atomic mass is 15.1. The summed E-state index contributed by atoms with van der Waals surface area (Å²) in [5, 5.41) is 0. The maximum atomic E-state index is 2.69. The molecule has 0 amide bonds. The monoisotopic (exact) mass is 181 g/mol. The van der Waals surface area contributed by atoms with Crippen LogP contribution in [0.4, 0.5) is 0 Å². The van der Waals surface area contributed by atoms with E-state index in [1.165, 1.54) is 58.2 Å². The van der Waals surface area contributed by atoms with E-state index >= 15 is 0 Å². The molecule has 2 aliphatic rings. The van der Waals surface area contributed by atoms with Gasteiger partial charge in [0.05, 0.1) is 0 Å². The van der Waals surface area contributed by atoms with Crippen molar-refractivity contribution in [3.63, 3.8) is 0 Å². The van der Waals surface area contributed by atoms with Crippen molar-refractivity contribution < 1.29 is 0 Å². The lowest BCUT2D eigenvalue weighted by Crippen LogP contribution is -2.25. The Kier molecular flexibility index (Phi) is 3.26. The van der Waals surface area contributed by atoms with Crippen LogP contribution < -0.4 is 0 Å². The summed E-state index contributed by atoms with van der Waals surface area (Å²) >= 11 is 0. The molecule has 0 aromatic rings. The second kappa shape index (κ2) is 4.45. The van der Waals surface area contributed by atoms with Gasteiger partial charge >= 0.3 is 0 Å². The third-order valence-corrected chi connectivity index (χ3v) is 4.03. The van der Waals surface area contributed by atoms with Crippen LogP contribution in [0.5, 0.6) is 0 Å². The summed E-state index contributed by atoms with van der Waals surface area (Å²) in [6.07, 6.45) is 8.87. The quantitative estimate of drug-likeness (QED) is 0.644. The zero-order valence-corrected chi connectivity index (χ0v) is 8.97. The summed E-state index contributed by atoms with van der Waals surface area (Å²) in [5.74, 6) is 2.11. The van der Waals surface area contributed by atoms with Crippen molar-refractivity contribution in [2.75, 3.05) is 19.6 Å². The first-order valence-electron chi connectivity index (χ1n) is 6.11. The maximum absolute atomic E-state index is 2.69. The Bertz CT molecular complexity index is 151. The molecule has 2 fully saturated rings. The minimum atomic E-state index is 1.02. The van der Waals surface area contributed by atoms with Crippen LogP contribution in [0.15, 0.2) is 0 Å². The Balaban J connectivity index is 1.59. The van der Waals surface area contributed by atoms with Crippen LogP contribution in [-0.2, 0) is 0 Å². The molecule has 1 aliphatic carbocycles. The second-order valence-corrected chi connectivity index (χ2v) is 4.95. The minimum Gasteiger partial charge on any atom is -0.303 e. The van der Waals surface area contributed by atoms with Gasteiger partial charge in [0, 0.05) is 6.54 Å². The number of likely N-dealkylation sites (tertiary alicyclic amines) is 1. The molecular formula is C12H23N. The number of rotatable bonds is 4. The SMILES string of the molecule is CCC1CCN(CCC2CCC2)C1. The molecule has 1 heteroatoms. The zero-order chi connectivity index (χ0) is 9.10. The van der Waals surface area contributed by atoms with Gasteiger partial charge in [-0.25, -0.2) is 0 Å². The van der Waals surface area contributed by atoms with Crippen LogP contribution in [0.25, 0.3) is 0 Å². The van der Waals surface area contributed by atoms with Crippen molar-refractivity contribution >= 4 is 0 Å². The van der Waals surface area contributed by atoms with Crippen LogP contribution in [0.3, 0.4) is 0 Å². The van der Waals surface area contributed by atoms with Gasteiger partial charge in [-0.3, -0.25) is 0 Å². The molecule has 1 saturated carbocycles. The summed E-state index contributed by atoms with van der Waals surface area (Å²) in [4.78, 5) is 2.69. The molecule has 1 nitrogen and oxygen atoms in total. The largest absolute Gasteiger partial charge is 0.303 e. The van der Waals surface area contributed by atoms with Gasteiger partial charge in [-0.15, -0.1) is 0 Å². The number of nitrogens with zero attached hydrogens (tertiary/aromatic N) is 1. The van der Waals surface area contributed by atoms with Crippen molar-refractivity contribution in [3.05, 3.63) is 0 Å². The zero-order valence-electron chi connectivity index (χ0n) is 8.97. The fourth-order valence-electron chi connectivity index (χ4n) is 2.60. The van der Waals surface area contributed by atoms with Gasteiger partial charge in [0.25, 0.3) is 0 Å². The Morgan fingerprint density at radius 3 is 2.54 bits per heavy atom. The van der Waals surface area contributed by atoms with E-state index in [9.17, 15) is 0 Å². The van der Waals surface area contributed by atoms with Crippen molar-refractivity contribution in [2.24, 2.45) is 11.8 Å². The van der Waals surface area contributed by atoms with E-state index in [2.05, 4.69) is 11.8 Å². The fraction of sp³-hybridized carbons (Fsp3) is 1.00. The third kappa shape index (κ3) is 2.46. The Labute approximate surface area is 82.5 Å². The highest BCUT2D eigenvalue weighted by Crippen LogP contribution is 2.30. The minimum absolute atomic E-state index is 1.02. The molecule has 2 rings (SSSR count). The normalized spacial score (nSPS) is 30.7. The van der Waals surface area contributed by atoms with Crippen LogP contribution in [0, 0.1) is 11.8 Å². The second-order valence-electron chi connectivity index (χ2n) is 4.95. The molecular weight excluding hydrogens is 158 g/mol. The Hall–Kier alpha value is -0.0400. The first-order chi connectivity index (χ1) is 6.38. The molecule has 13 heavy (non-hydrogen) atoms. The standard InChI is InChI=1S/C12H23N/c1-2-11-6-8-13(10-11)9-7-12-4-3-5-12/h11-12H,2-10H2,1H3. The van der Waals surface area contributed by atoms with Gasteiger partial charge in [0.15, 0.2) is 0 Å². The highest BCUT2D eigenvalue weighted by molar-refractivity contribution is 4.77. The first-order valence-corrected chi connectivity index (χ1v) is 6.11. The molecule has 76 valence electrons. The van der Waals surface area contributed by atoms with E-state index in [-0.39, 0.29) is 0 Å². The van der Waals surface area contributed by atoms with Crippen LogP contribution in [0.1, 0.15) is 45.4 Å². The van der Waals surface area contributed by atoms with Crippen molar-refractivity contribution in [2.45, 2.75) is 45.4 Å². The van der Waals surface area contributed by atoms with Gasteiger partial charge in [-0.05, 0) is 37.8 Å². The lowest BCUT2D eigenvalue weighted by Gasteiger charge is -2.27. The lowest BCUT2D eigenvalue weighted by molar-refractivity contribution is 0.235. The first kappa shape index (κ1) is 9.51. The summed E-state index contributed by atoms with van der Waals surface area (Å²) < 4.78 is 0. The maximum Gasteiger partial charge on any atom is 0.00100 e. The van der Waals surface area contributed by atoms with Crippen LogP contribution in [-0.4, -0.2) is 24.5 Å². The van der Waals surface area contributed by atoms with Gasteiger partial charge in [0.2, 0.25) is 0 Å². The summed E-state index contributed by atoms with van der Waals surface area (Å²) in [6.45, 7) is 6.50. The summed E-state index contributed by atoms with van der Waals surface area (Å²) in [6, 6.07) is 0. The van der Waals surface area contributed by atoms with Crippen LogP contribution >= 0.6 is 0 Å². The van der Waals surface area contributed by atoms with E-state index in [0.717, 1.165) is 11.8 Å². The topological polar surface area (TPSA) is 3.24 Å². The van der Waals surface area contributed by atoms with E-state index in [1.807, 2.05) is 0 Å². The molecule has 0 radical (unpaired) electrons. The van der Waals surface area contributed by atoms with Gasteiger partial charge in [-0.2, -0.15) is 0 Å². The molecule has 0 aromatic heterocycles. The molecule has 1 unspecified atom stereocenters. The van der Waals surface area contributed by atoms with E-state index < -0.39 is 0 Å². The molecule has 0 bridgehead atoms. The average Bonchev–Trinajstić information content (AvgIpc) is 2.49. The Morgan fingerprint density at radius 2 is 2.00 bits per heavy atom. The molecule has 1 heterocycles. The molecule has 0 spiro atoms. The smallest absolute Gasteiger partial charge is 0.00100 e. The molecule has 0 aromatic carbocycles. The summed E-state index contributed by atoms with van der Waals surface area (Å²) in [5.41, 5.74) is 0. The predicted molar refractivity (Wildman–Crippen MR) is 56.8 cm³/mol. The number of hydrogen-bond acceptors (Lipinski definition) is 1. The van der Waals surface area contributed by atoms with Crippen LogP contribution in [0.2, 0.25) is 0 Å². The molecule has 1 atom stereocenters. The van der Waals surface area contributed by atoms with E-state index in [0.29, 0.717) is 0 Å². The lowest BCUT2D eigenvalue weighted by atomic mass is 9.83. The fourth-order valence-corrected chi connectivity index (χ4v) is 2.60. The van der Waals surface area contributed by atoms with E-state index in [1.54, 1.807) is 0 Å². The van der Waals surface area contributed by atoms with Crippen molar-refractivity contribution in [3.8, 4) is 0 Å². The van der Waals surface area contributed by atoms with Crippen molar-refractivity contribution in [1.82, 2.24) is 4.90 Å². The molecule has 1 saturated heterocycles. The Morgan fingerprint density at radius 1 is 1.15 bits per heavy atom. The van der Waals surface area contributed by atoms with Gasteiger partial charge in [-0.1, -0.05) is 32.6 Å². The molecule has 1 aliphatic heterocycles. The van der Waals surface area contributed by atoms with Gasteiger partial charge in [0.1, 0.15) is 0 Å². The predicted octanol–water partition coefficient (Wildman–Crippen LogP) is 2.91. The molecule has 0 N–H and O–H groups in total. The van der Waals surface area contributed by atoms with Crippen molar-refractivity contribution in [1.29, 1.82) is 0 Å². The number of hydrogen-bond donors (Lipinski definition) is 0. The summed E-state index contributed by atoms with van der Waals surface area (Å²) in [7, 11) is 0.